The van der Waals surface area contributed by atoms with Crippen LogP contribution in [0.2, 0.25) is 0 Å². The number of hydrogen-bond donors (Lipinski definition) is 0. The molecule has 2 aromatic heterocycles. The van der Waals surface area contributed by atoms with Crippen LogP contribution < -0.4 is 0 Å². The van der Waals surface area contributed by atoms with Gasteiger partial charge in [-0.3, -0.25) is 4.79 Å². The van der Waals surface area contributed by atoms with Gasteiger partial charge in [0.15, 0.2) is 0 Å². The van der Waals surface area contributed by atoms with Crippen LogP contribution in [0.3, 0.4) is 0 Å². The summed E-state index contributed by atoms with van der Waals surface area (Å²) in [4.78, 5) is 15.5. The molecule has 4 atom stereocenters. The van der Waals surface area contributed by atoms with Gasteiger partial charge in [0.05, 0.1) is 24.9 Å². The van der Waals surface area contributed by atoms with Gasteiger partial charge in [0.1, 0.15) is 10.6 Å². The molecule has 2 aliphatic carbocycles. The second-order valence-electron chi connectivity index (χ2n) is 8.58. The summed E-state index contributed by atoms with van der Waals surface area (Å²) in [7, 11) is 1.67. The Hall–Kier alpha value is -1.84. The summed E-state index contributed by atoms with van der Waals surface area (Å²) in [5.74, 6) is 1.78. The summed E-state index contributed by atoms with van der Waals surface area (Å²) in [5.41, 5.74) is 0.837. The fourth-order valence-corrected chi connectivity index (χ4v) is 5.29. The van der Waals surface area contributed by atoms with Gasteiger partial charge in [0.25, 0.3) is 5.91 Å². The highest BCUT2D eigenvalue weighted by Crippen LogP contribution is 2.43. The van der Waals surface area contributed by atoms with Gasteiger partial charge in [0, 0.05) is 33.0 Å². The van der Waals surface area contributed by atoms with E-state index in [1.807, 2.05) is 21.8 Å². The first-order valence-electron chi connectivity index (χ1n) is 10.4. The average Bonchev–Trinajstić information content (AvgIpc) is 3.14. The Kier molecular flexibility index (Phi) is 5.36. The zero-order valence-corrected chi connectivity index (χ0v) is 17.5. The maximum Gasteiger partial charge on any atom is 0.265 e. The van der Waals surface area contributed by atoms with E-state index in [4.69, 9.17) is 9.47 Å². The number of nitrogens with zero attached hydrogens (tertiary/aromatic N) is 5. The first-order chi connectivity index (χ1) is 14.2. The van der Waals surface area contributed by atoms with Gasteiger partial charge in [-0.2, -0.15) is 0 Å². The monoisotopic (exact) mass is 417 g/mol. The van der Waals surface area contributed by atoms with Crippen LogP contribution in [0.5, 0.6) is 0 Å². The lowest BCUT2D eigenvalue weighted by atomic mass is 9.77. The largest absolute Gasteiger partial charge is 0.378 e. The van der Waals surface area contributed by atoms with Gasteiger partial charge in [-0.1, -0.05) is 5.21 Å². The van der Waals surface area contributed by atoms with Crippen molar-refractivity contribution >= 4 is 17.4 Å². The summed E-state index contributed by atoms with van der Waals surface area (Å²) in [6.45, 7) is 2.90. The maximum absolute atomic E-state index is 12.8. The van der Waals surface area contributed by atoms with E-state index in [2.05, 4.69) is 14.7 Å². The van der Waals surface area contributed by atoms with E-state index < -0.39 is 0 Å². The Bertz CT molecular complexity index is 837. The van der Waals surface area contributed by atoms with Crippen LogP contribution in [0.25, 0.3) is 0 Å². The second kappa shape index (κ2) is 8.12. The third-order valence-corrected chi connectivity index (χ3v) is 7.19. The molecule has 8 nitrogen and oxygen atoms in total. The van der Waals surface area contributed by atoms with E-state index in [0.717, 1.165) is 49.0 Å². The van der Waals surface area contributed by atoms with Gasteiger partial charge >= 0.3 is 0 Å². The SMILES string of the molecule is COCc1cn([C@@H]2C[C@@H]3CN(C(=O)c4ccns4)C[C@@H]3C[C@H]2OCC2CC2)nn1. The minimum absolute atomic E-state index is 0.108. The van der Waals surface area contributed by atoms with Crippen LogP contribution >= 0.6 is 11.5 Å². The lowest BCUT2D eigenvalue weighted by Gasteiger charge is -2.37. The molecule has 0 unspecified atom stereocenters. The Labute approximate surface area is 174 Å². The molecule has 0 spiro atoms. The van der Waals surface area contributed by atoms with Crippen LogP contribution in [0, 0.1) is 17.8 Å². The van der Waals surface area contributed by atoms with Crippen LogP contribution in [-0.4, -0.2) is 63.1 Å². The van der Waals surface area contributed by atoms with Crippen molar-refractivity contribution in [2.45, 2.75) is 44.4 Å². The van der Waals surface area contributed by atoms with Crippen molar-refractivity contribution < 1.29 is 14.3 Å². The van der Waals surface area contributed by atoms with E-state index in [1.165, 1.54) is 24.4 Å². The molecule has 29 heavy (non-hydrogen) atoms. The number of aromatic nitrogens is 4. The quantitative estimate of drug-likeness (QED) is 0.688. The fourth-order valence-electron chi connectivity index (χ4n) is 4.73. The number of carbonyl (C=O) groups is 1. The maximum atomic E-state index is 12.8. The van der Waals surface area contributed by atoms with Crippen molar-refractivity contribution in [2.24, 2.45) is 17.8 Å². The minimum Gasteiger partial charge on any atom is -0.378 e. The molecule has 3 aliphatic rings. The summed E-state index contributed by atoms with van der Waals surface area (Å²) >= 11 is 1.27. The molecule has 1 amide bonds. The summed E-state index contributed by atoms with van der Waals surface area (Å²) in [6, 6.07) is 1.97. The predicted octanol–water partition coefficient (Wildman–Crippen LogP) is 2.40. The minimum atomic E-state index is 0.108. The molecule has 1 aliphatic heterocycles. The molecule has 1 saturated heterocycles. The third-order valence-electron chi connectivity index (χ3n) is 6.45. The number of hydrogen-bond acceptors (Lipinski definition) is 7. The summed E-state index contributed by atoms with van der Waals surface area (Å²) in [5, 5.41) is 8.63. The average molecular weight is 418 g/mol. The topological polar surface area (TPSA) is 82.4 Å². The molecule has 0 N–H and O–H groups in total. The lowest BCUT2D eigenvalue weighted by Crippen LogP contribution is -2.38. The molecule has 2 aromatic rings. The van der Waals surface area contributed by atoms with Crippen molar-refractivity contribution in [2.75, 3.05) is 26.8 Å². The van der Waals surface area contributed by atoms with E-state index in [-0.39, 0.29) is 18.1 Å². The highest BCUT2D eigenvalue weighted by molar-refractivity contribution is 7.08. The van der Waals surface area contributed by atoms with E-state index in [9.17, 15) is 4.79 Å². The summed E-state index contributed by atoms with van der Waals surface area (Å²) < 4.78 is 17.6. The molecular weight excluding hydrogens is 390 g/mol. The highest BCUT2D eigenvalue weighted by Gasteiger charge is 2.45. The fraction of sp³-hybridized carbons (Fsp3) is 0.700. The van der Waals surface area contributed by atoms with Gasteiger partial charge < -0.3 is 14.4 Å². The number of ether oxygens (including phenoxy) is 2. The van der Waals surface area contributed by atoms with Crippen molar-refractivity contribution in [1.82, 2.24) is 24.3 Å². The first kappa shape index (κ1) is 19.1. The number of rotatable bonds is 7. The normalized spacial score (nSPS) is 29.2. The molecule has 0 radical (unpaired) electrons. The van der Waals surface area contributed by atoms with Crippen LogP contribution in [0.15, 0.2) is 18.5 Å². The van der Waals surface area contributed by atoms with Gasteiger partial charge in [-0.25, -0.2) is 9.06 Å². The Morgan fingerprint density at radius 3 is 2.83 bits per heavy atom. The molecular formula is C20H27N5O3S. The zero-order valence-electron chi connectivity index (χ0n) is 16.6. The van der Waals surface area contributed by atoms with Crippen molar-refractivity contribution in [3.05, 3.63) is 29.0 Å². The smallest absolute Gasteiger partial charge is 0.265 e. The summed E-state index contributed by atoms with van der Waals surface area (Å²) in [6.07, 6.45) is 8.28. The van der Waals surface area contributed by atoms with Gasteiger partial charge in [0.2, 0.25) is 0 Å². The van der Waals surface area contributed by atoms with E-state index >= 15 is 0 Å². The number of methoxy groups -OCH3 is 1. The molecule has 3 heterocycles. The van der Waals surface area contributed by atoms with E-state index in [0.29, 0.717) is 18.4 Å². The molecule has 2 saturated carbocycles. The molecule has 5 rings (SSSR count). The molecule has 3 fully saturated rings. The molecule has 9 heteroatoms. The van der Waals surface area contributed by atoms with Gasteiger partial charge in [-0.15, -0.1) is 5.10 Å². The Balaban J connectivity index is 1.31. The third kappa shape index (κ3) is 4.08. The molecule has 0 aromatic carbocycles. The lowest BCUT2D eigenvalue weighted by molar-refractivity contribution is -0.0375. The predicted molar refractivity (Wildman–Crippen MR) is 106 cm³/mol. The number of fused-ring (bicyclic) bond motifs is 1. The van der Waals surface area contributed by atoms with Gasteiger partial charge in [-0.05, 0) is 61.0 Å². The first-order valence-corrected chi connectivity index (χ1v) is 11.2. The van der Waals surface area contributed by atoms with Crippen molar-refractivity contribution in [3.63, 3.8) is 0 Å². The zero-order chi connectivity index (χ0) is 19.8. The van der Waals surface area contributed by atoms with E-state index in [1.54, 1.807) is 13.3 Å². The number of amides is 1. The highest BCUT2D eigenvalue weighted by atomic mass is 32.1. The molecule has 156 valence electrons. The van der Waals surface area contributed by atoms with Crippen LogP contribution in [0.4, 0.5) is 0 Å². The second-order valence-corrected chi connectivity index (χ2v) is 9.42. The molecule has 0 bridgehead atoms. The van der Waals surface area contributed by atoms with Crippen molar-refractivity contribution in [3.8, 4) is 0 Å². The Morgan fingerprint density at radius 1 is 1.28 bits per heavy atom. The Morgan fingerprint density at radius 2 is 2.10 bits per heavy atom. The van der Waals surface area contributed by atoms with Crippen LogP contribution in [-0.2, 0) is 16.1 Å². The standard InChI is InChI=1S/C20H27N5O3S/c1-27-12-16-10-25(23-22-16)17-6-14-8-24(20(26)19-4-5-21-29-19)9-15(14)7-18(17)28-11-13-2-3-13/h4-5,10,13-15,17-18H,2-3,6-9,11-12H2,1H3/t14-,15+,17-,18-/m1/s1. The van der Waals surface area contributed by atoms with Crippen LogP contribution in [0.1, 0.15) is 47.1 Å². The number of likely N-dealkylation sites (tertiary alicyclic amines) is 1. The van der Waals surface area contributed by atoms with Crippen molar-refractivity contribution in [1.29, 1.82) is 0 Å². The number of carbonyl (C=O) groups excluding carboxylic acids is 1.